The molecule has 0 spiro atoms. The molecule has 2 aromatic rings. The van der Waals surface area contributed by atoms with Gasteiger partial charge in [0, 0.05) is 38.6 Å². The van der Waals surface area contributed by atoms with Crippen molar-refractivity contribution in [3.05, 3.63) is 30.0 Å². The fourth-order valence-electron chi connectivity index (χ4n) is 3.88. The average Bonchev–Trinajstić information content (AvgIpc) is 3.18. The van der Waals surface area contributed by atoms with Crippen LogP contribution in [0.2, 0.25) is 0 Å². The number of ether oxygens (including phenoxy) is 7. The predicted octanol–water partition coefficient (Wildman–Crippen LogP) is 1.42. The molecule has 2 heterocycles. The fraction of sp³-hybridized carbons (Fsp3) is 0.458. The second-order valence-corrected chi connectivity index (χ2v) is 8.05. The number of hydrogen-bond acceptors (Lipinski definition) is 12. The Morgan fingerprint density at radius 1 is 0.838 bits per heavy atom. The number of aromatic nitrogens is 1. The lowest BCUT2D eigenvalue weighted by atomic mass is 9.98. The van der Waals surface area contributed by atoms with Gasteiger partial charge in [-0.1, -0.05) is 12.1 Å². The lowest BCUT2D eigenvalue weighted by Crippen LogP contribution is -2.63. The van der Waals surface area contributed by atoms with Crippen molar-refractivity contribution in [1.29, 1.82) is 0 Å². The van der Waals surface area contributed by atoms with Crippen LogP contribution in [0.4, 0.5) is 0 Å². The van der Waals surface area contributed by atoms with Gasteiger partial charge in [-0.05, 0) is 12.1 Å². The maximum absolute atomic E-state index is 12.5. The molecule has 200 valence electrons. The second kappa shape index (κ2) is 11.7. The zero-order valence-electron chi connectivity index (χ0n) is 20.8. The first kappa shape index (κ1) is 27.5. The van der Waals surface area contributed by atoms with E-state index in [1.807, 2.05) is 0 Å². The van der Waals surface area contributed by atoms with E-state index in [0.29, 0.717) is 10.9 Å². The van der Waals surface area contributed by atoms with Gasteiger partial charge < -0.3 is 38.1 Å². The number of para-hydroxylation sites is 1. The second-order valence-electron chi connectivity index (χ2n) is 8.05. The zero-order chi connectivity index (χ0) is 27.3. The van der Waals surface area contributed by atoms with E-state index >= 15 is 0 Å². The van der Waals surface area contributed by atoms with Crippen LogP contribution in [0.3, 0.4) is 0 Å². The molecule has 0 saturated carbocycles. The molecule has 1 aliphatic rings. The minimum atomic E-state index is -1.51. The Morgan fingerprint density at radius 2 is 1.43 bits per heavy atom. The topological polar surface area (TPSA) is 166 Å². The third kappa shape index (κ3) is 6.55. The molecule has 1 aromatic carbocycles. The molecular formula is C24H27NO12. The van der Waals surface area contributed by atoms with Crippen LogP contribution in [0.25, 0.3) is 10.9 Å². The standard InChI is InChI=1S/C24H27NO12/c1-11(26)32-10-17-20(33-12(2)27)21(34-13(3)28)22(35-14(4)29)24(36-17)37-19-15-8-6-7-9-16(15)25-18(19)23(30)31-5/h6-9,17,20-22,24-25H,10H2,1-5H3/t17-,20-,21+,22?,24+/m1/s1. The quantitative estimate of drug-likeness (QED) is 0.393. The summed E-state index contributed by atoms with van der Waals surface area (Å²) in [6.07, 6.45) is -6.94. The first-order valence-electron chi connectivity index (χ1n) is 11.2. The van der Waals surface area contributed by atoms with Crippen LogP contribution in [0.15, 0.2) is 24.3 Å². The Hall–Kier alpha value is -4.13. The summed E-state index contributed by atoms with van der Waals surface area (Å²) in [6.45, 7) is 4.08. The van der Waals surface area contributed by atoms with Crippen LogP contribution < -0.4 is 4.74 Å². The number of aromatic amines is 1. The predicted molar refractivity (Wildman–Crippen MR) is 122 cm³/mol. The van der Waals surface area contributed by atoms with E-state index in [1.165, 1.54) is 7.11 Å². The molecule has 1 aromatic heterocycles. The Labute approximate surface area is 211 Å². The zero-order valence-corrected chi connectivity index (χ0v) is 20.8. The number of H-pyrrole nitrogens is 1. The smallest absolute Gasteiger partial charge is 0.358 e. The molecule has 1 fully saturated rings. The van der Waals surface area contributed by atoms with Gasteiger partial charge in [-0.15, -0.1) is 0 Å². The highest BCUT2D eigenvalue weighted by Gasteiger charge is 2.53. The summed E-state index contributed by atoms with van der Waals surface area (Å²) in [5, 5.41) is 0.468. The van der Waals surface area contributed by atoms with Gasteiger partial charge in [-0.3, -0.25) is 19.2 Å². The van der Waals surface area contributed by atoms with E-state index in [2.05, 4.69) is 4.98 Å². The SMILES string of the molecule is COC(=O)c1[nH]c2ccccc2c1O[C@@H]1O[C@H](COC(C)=O)[C@@H](OC(C)=O)[C@H](OC(C)=O)C1OC(C)=O. The van der Waals surface area contributed by atoms with Gasteiger partial charge in [0.25, 0.3) is 0 Å². The maximum Gasteiger partial charge on any atom is 0.358 e. The van der Waals surface area contributed by atoms with Crippen molar-refractivity contribution in [3.63, 3.8) is 0 Å². The van der Waals surface area contributed by atoms with Crippen molar-refractivity contribution in [2.75, 3.05) is 13.7 Å². The van der Waals surface area contributed by atoms with E-state index in [4.69, 9.17) is 33.2 Å². The molecule has 0 amide bonds. The number of carbonyl (C=O) groups is 5. The van der Waals surface area contributed by atoms with Crippen molar-refractivity contribution < 1.29 is 57.1 Å². The van der Waals surface area contributed by atoms with Crippen LogP contribution in [0.5, 0.6) is 5.75 Å². The van der Waals surface area contributed by atoms with E-state index in [1.54, 1.807) is 24.3 Å². The number of nitrogens with one attached hydrogen (secondary N) is 1. The summed E-state index contributed by atoms with van der Waals surface area (Å²) in [7, 11) is 1.19. The molecule has 1 saturated heterocycles. The number of esters is 5. The molecule has 3 rings (SSSR count). The van der Waals surface area contributed by atoms with E-state index in [0.717, 1.165) is 27.7 Å². The maximum atomic E-state index is 12.5. The summed E-state index contributed by atoms with van der Waals surface area (Å²) in [5.41, 5.74) is 0.472. The molecule has 0 radical (unpaired) electrons. The van der Waals surface area contributed by atoms with Gasteiger partial charge in [0.1, 0.15) is 12.7 Å². The first-order valence-corrected chi connectivity index (χ1v) is 11.2. The number of hydrogen-bond donors (Lipinski definition) is 1. The summed E-state index contributed by atoms with van der Waals surface area (Å²) >= 11 is 0. The highest BCUT2D eigenvalue weighted by Crippen LogP contribution is 2.36. The molecule has 13 nitrogen and oxygen atoms in total. The first-order chi connectivity index (χ1) is 17.5. The van der Waals surface area contributed by atoms with Crippen molar-refractivity contribution >= 4 is 40.7 Å². The number of methoxy groups -OCH3 is 1. The van der Waals surface area contributed by atoms with E-state index in [9.17, 15) is 24.0 Å². The molecule has 1 aliphatic heterocycles. The number of carbonyl (C=O) groups excluding carboxylic acids is 5. The van der Waals surface area contributed by atoms with Crippen LogP contribution in [-0.2, 0) is 47.6 Å². The normalized spacial score (nSPS) is 23.0. The molecule has 13 heteroatoms. The Balaban J connectivity index is 2.11. The van der Waals surface area contributed by atoms with Crippen LogP contribution in [0, 0.1) is 0 Å². The minimum absolute atomic E-state index is 0.00310. The fourth-order valence-corrected chi connectivity index (χ4v) is 3.88. The summed E-state index contributed by atoms with van der Waals surface area (Å²) in [5.74, 6) is -3.73. The minimum Gasteiger partial charge on any atom is -0.464 e. The monoisotopic (exact) mass is 521 g/mol. The van der Waals surface area contributed by atoms with E-state index < -0.39 is 67.2 Å². The third-order valence-corrected chi connectivity index (χ3v) is 5.23. The number of fused-ring (bicyclic) bond motifs is 1. The van der Waals surface area contributed by atoms with Crippen LogP contribution >= 0.6 is 0 Å². The summed E-state index contributed by atoms with van der Waals surface area (Å²) < 4.78 is 38.1. The lowest BCUT2D eigenvalue weighted by Gasteiger charge is -2.43. The Morgan fingerprint density at radius 3 is 2.03 bits per heavy atom. The molecular weight excluding hydrogens is 494 g/mol. The lowest BCUT2D eigenvalue weighted by molar-refractivity contribution is -0.288. The molecule has 1 N–H and O–H groups in total. The van der Waals surface area contributed by atoms with Gasteiger partial charge in [0.15, 0.2) is 23.7 Å². The van der Waals surface area contributed by atoms with Crippen molar-refractivity contribution in [1.82, 2.24) is 4.98 Å². The van der Waals surface area contributed by atoms with Crippen molar-refractivity contribution in [3.8, 4) is 5.75 Å². The highest BCUT2D eigenvalue weighted by molar-refractivity contribution is 6.00. The number of benzene rings is 1. The Bertz CT molecular complexity index is 1190. The molecule has 37 heavy (non-hydrogen) atoms. The third-order valence-electron chi connectivity index (χ3n) is 5.23. The van der Waals surface area contributed by atoms with Crippen molar-refractivity contribution in [2.24, 2.45) is 0 Å². The molecule has 5 atom stereocenters. The van der Waals surface area contributed by atoms with Gasteiger partial charge in [0.05, 0.1) is 7.11 Å². The largest absolute Gasteiger partial charge is 0.464 e. The highest BCUT2D eigenvalue weighted by atomic mass is 16.7. The Kier molecular flexibility index (Phi) is 8.71. The van der Waals surface area contributed by atoms with Crippen LogP contribution in [0.1, 0.15) is 38.2 Å². The summed E-state index contributed by atoms with van der Waals surface area (Å²) in [4.78, 5) is 62.8. The summed E-state index contributed by atoms with van der Waals surface area (Å²) in [6, 6.07) is 6.80. The molecule has 1 unspecified atom stereocenters. The van der Waals surface area contributed by atoms with Gasteiger partial charge >= 0.3 is 29.8 Å². The molecule has 0 bridgehead atoms. The van der Waals surface area contributed by atoms with Crippen molar-refractivity contribution in [2.45, 2.75) is 58.4 Å². The van der Waals surface area contributed by atoms with Crippen LogP contribution in [-0.4, -0.2) is 79.3 Å². The average molecular weight is 521 g/mol. The van der Waals surface area contributed by atoms with Gasteiger partial charge in [-0.2, -0.15) is 0 Å². The molecule has 0 aliphatic carbocycles. The van der Waals surface area contributed by atoms with Gasteiger partial charge in [0.2, 0.25) is 12.4 Å². The van der Waals surface area contributed by atoms with Gasteiger partial charge in [-0.25, -0.2) is 4.79 Å². The number of rotatable bonds is 8. The van der Waals surface area contributed by atoms with E-state index in [-0.39, 0.29) is 11.4 Å².